The van der Waals surface area contributed by atoms with Gasteiger partial charge in [0.05, 0.1) is 19.2 Å². The number of fused-ring (bicyclic) bond motifs is 1. The monoisotopic (exact) mass is 433 g/mol. The normalized spacial score (nSPS) is 12.8. The molecule has 2 amide bonds. The molecule has 154 valence electrons. The SMILES string of the molecule is O=C(Nc1ccc(CN2C(=O)Cc3ccc(Cl)cc32)cc1)c1ncoc1-c1ccco1. The lowest BCUT2D eigenvalue weighted by atomic mass is 10.1. The molecule has 5 rings (SSSR count). The molecule has 0 saturated carbocycles. The van der Waals surface area contributed by atoms with Gasteiger partial charge in [-0.15, -0.1) is 0 Å². The lowest BCUT2D eigenvalue weighted by Crippen LogP contribution is -2.26. The van der Waals surface area contributed by atoms with Gasteiger partial charge in [0.1, 0.15) is 0 Å². The van der Waals surface area contributed by atoms with Crippen LogP contribution < -0.4 is 10.2 Å². The first-order chi connectivity index (χ1) is 15.1. The summed E-state index contributed by atoms with van der Waals surface area (Å²) >= 11 is 6.10. The van der Waals surface area contributed by atoms with E-state index in [1.165, 1.54) is 12.7 Å². The molecule has 0 atom stereocenters. The van der Waals surface area contributed by atoms with Crippen molar-refractivity contribution < 1.29 is 18.4 Å². The van der Waals surface area contributed by atoms with Crippen LogP contribution in [0.4, 0.5) is 11.4 Å². The van der Waals surface area contributed by atoms with Crippen LogP contribution in [0.1, 0.15) is 21.6 Å². The second-order valence-corrected chi connectivity index (χ2v) is 7.52. The second-order valence-electron chi connectivity index (χ2n) is 7.09. The van der Waals surface area contributed by atoms with Gasteiger partial charge in [0, 0.05) is 16.4 Å². The first-order valence-corrected chi connectivity index (χ1v) is 9.93. The third-order valence-corrected chi connectivity index (χ3v) is 5.30. The highest BCUT2D eigenvalue weighted by atomic mass is 35.5. The van der Waals surface area contributed by atoms with E-state index in [4.69, 9.17) is 20.4 Å². The minimum atomic E-state index is -0.411. The van der Waals surface area contributed by atoms with E-state index in [2.05, 4.69) is 10.3 Å². The number of amides is 2. The Morgan fingerprint density at radius 3 is 2.74 bits per heavy atom. The van der Waals surface area contributed by atoms with Crippen molar-refractivity contribution in [2.24, 2.45) is 0 Å². The number of benzene rings is 2. The van der Waals surface area contributed by atoms with Crippen LogP contribution in [0.3, 0.4) is 0 Å². The smallest absolute Gasteiger partial charge is 0.278 e. The predicted molar refractivity (Wildman–Crippen MR) is 115 cm³/mol. The molecule has 7 nitrogen and oxygen atoms in total. The van der Waals surface area contributed by atoms with Crippen molar-refractivity contribution >= 4 is 34.8 Å². The Bertz CT molecular complexity index is 1260. The van der Waals surface area contributed by atoms with Crippen LogP contribution in [-0.4, -0.2) is 16.8 Å². The largest absolute Gasteiger partial charge is 0.461 e. The van der Waals surface area contributed by atoms with Gasteiger partial charge in [0.2, 0.25) is 11.7 Å². The molecule has 1 aliphatic rings. The average molecular weight is 434 g/mol. The summed E-state index contributed by atoms with van der Waals surface area (Å²) < 4.78 is 10.6. The van der Waals surface area contributed by atoms with E-state index in [0.29, 0.717) is 29.4 Å². The molecule has 4 aromatic rings. The van der Waals surface area contributed by atoms with Crippen molar-refractivity contribution in [3.8, 4) is 11.5 Å². The van der Waals surface area contributed by atoms with E-state index in [9.17, 15) is 9.59 Å². The fourth-order valence-electron chi connectivity index (χ4n) is 3.56. The van der Waals surface area contributed by atoms with Gasteiger partial charge in [0.15, 0.2) is 17.8 Å². The number of carbonyl (C=O) groups excluding carboxylic acids is 2. The number of anilines is 2. The van der Waals surface area contributed by atoms with Gasteiger partial charge < -0.3 is 19.1 Å². The first-order valence-electron chi connectivity index (χ1n) is 9.55. The minimum Gasteiger partial charge on any atom is -0.461 e. The number of furan rings is 1. The van der Waals surface area contributed by atoms with Gasteiger partial charge in [-0.05, 0) is 47.5 Å². The number of oxazole rings is 1. The van der Waals surface area contributed by atoms with E-state index in [-0.39, 0.29) is 17.4 Å². The van der Waals surface area contributed by atoms with E-state index in [0.717, 1.165) is 16.8 Å². The van der Waals surface area contributed by atoms with E-state index < -0.39 is 5.91 Å². The van der Waals surface area contributed by atoms with E-state index in [1.807, 2.05) is 24.3 Å². The molecule has 8 heteroatoms. The Morgan fingerprint density at radius 2 is 1.97 bits per heavy atom. The lowest BCUT2D eigenvalue weighted by molar-refractivity contribution is -0.117. The summed E-state index contributed by atoms with van der Waals surface area (Å²) in [5.74, 6) is 0.315. The third-order valence-electron chi connectivity index (χ3n) is 5.06. The van der Waals surface area contributed by atoms with Crippen molar-refractivity contribution in [2.75, 3.05) is 10.2 Å². The molecule has 0 unspecified atom stereocenters. The summed E-state index contributed by atoms with van der Waals surface area (Å²) in [7, 11) is 0. The highest BCUT2D eigenvalue weighted by molar-refractivity contribution is 6.31. The molecule has 0 bridgehead atoms. The molecule has 0 radical (unpaired) electrons. The molecule has 2 aromatic heterocycles. The van der Waals surface area contributed by atoms with Gasteiger partial charge in [-0.3, -0.25) is 9.59 Å². The van der Waals surface area contributed by atoms with Gasteiger partial charge in [-0.1, -0.05) is 29.8 Å². The molecule has 1 N–H and O–H groups in total. The average Bonchev–Trinajstić information content (AvgIpc) is 3.50. The Morgan fingerprint density at radius 1 is 1.13 bits per heavy atom. The third kappa shape index (κ3) is 3.71. The molecule has 0 saturated heterocycles. The quantitative estimate of drug-likeness (QED) is 0.482. The van der Waals surface area contributed by atoms with Crippen LogP contribution in [0.5, 0.6) is 0 Å². The van der Waals surface area contributed by atoms with Gasteiger partial charge in [-0.25, -0.2) is 4.98 Å². The number of rotatable bonds is 5. The topological polar surface area (TPSA) is 88.6 Å². The summed E-state index contributed by atoms with van der Waals surface area (Å²) in [6.45, 7) is 0.423. The van der Waals surface area contributed by atoms with Crippen molar-refractivity contribution in [2.45, 2.75) is 13.0 Å². The van der Waals surface area contributed by atoms with Crippen LogP contribution in [-0.2, 0) is 17.8 Å². The van der Waals surface area contributed by atoms with Gasteiger partial charge >= 0.3 is 0 Å². The fourth-order valence-corrected chi connectivity index (χ4v) is 3.73. The number of nitrogens with zero attached hydrogens (tertiary/aromatic N) is 2. The molecule has 1 aliphatic heterocycles. The number of halogens is 1. The molecule has 31 heavy (non-hydrogen) atoms. The lowest BCUT2D eigenvalue weighted by Gasteiger charge is -2.18. The highest BCUT2D eigenvalue weighted by Gasteiger charge is 2.27. The predicted octanol–water partition coefficient (Wildman–Crippen LogP) is 4.93. The maximum absolute atomic E-state index is 12.6. The number of hydrogen-bond donors (Lipinski definition) is 1. The highest BCUT2D eigenvalue weighted by Crippen LogP contribution is 2.33. The Hall–Kier alpha value is -3.84. The maximum atomic E-state index is 12.6. The van der Waals surface area contributed by atoms with Gasteiger partial charge in [0.25, 0.3) is 5.91 Å². The van der Waals surface area contributed by atoms with Crippen molar-refractivity contribution in [3.63, 3.8) is 0 Å². The van der Waals surface area contributed by atoms with Crippen LogP contribution >= 0.6 is 11.6 Å². The standard InChI is InChI=1S/C23H16ClN3O4/c24-16-6-5-15-10-20(28)27(18(15)11-16)12-14-3-7-17(8-4-14)26-23(29)21-22(31-13-25-21)19-2-1-9-30-19/h1-9,11,13H,10,12H2,(H,26,29). The van der Waals surface area contributed by atoms with E-state index in [1.54, 1.807) is 35.2 Å². The number of carbonyl (C=O) groups is 2. The Kier molecular flexibility index (Phi) is 4.80. The maximum Gasteiger partial charge on any atom is 0.278 e. The first kappa shape index (κ1) is 19.1. The molecular formula is C23H16ClN3O4. The van der Waals surface area contributed by atoms with Crippen LogP contribution in [0.25, 0.3) is 11.5 Å². The van der Waals surface area contributed by atoms with Crippen molar-refractivity contribution in [1.82, 2.24) is 4.98 Å². The molecule has 3 heterocycles. The molecule has 0 fully saturated rings. The zero-order valence-electron chi connectivity index (χ0n) is 16.2. The van der Waals surface area contributed by atoms with E-state index >= 15 is 0 Å². The fraction of sp³-hybridized carbons (Fsp3) is 0.0870. The van der Waals surface area contributed by atoms with Crippen LogP contribution in [0.15, 0.2) is 76.1 Å². The Balaban J connectivity index is 1.30. The van der Waals surface area contributed by atoms with Gasteiger partial charge in [-0.2, -0.15) is 0 Å². The van der Waals surface area contributed by atoms with Crippen LogP contribution in [0.2, 0.25) is 5.02 Å². The Labute approximate surface area is 182 Å². The van der Waals surface area contributed by atoms with Crippen LogP contribution in [0, 0.1) is 0 Å². The van der Waals surface area contributed by atoms with Crippen molar-refractivity contribution in [3.05, 3.63) is 89.1 Å². The summed E-state index contributed by atoms with van der Waals surface area (Å²) in [4.78, 5) is 30.8. The zero-order valence-corrected chi connectivity index (χ0v) is 16.9. The molecule has 2 aromatic carbocycles. The number of hydrogen-bond acceptors (Lipinski definition) is 5. The summed E-state index contributed by atoms with van der Waals surface area (Å²) in [6, 6.07) is 16.2. The molecule has 0 spiro atoms. The minimum absolute atomic E-state index is 0.0335. The number of nitrogens with one attached hydrogen (secondary N) is 1. The molecular weight excluding hydrogens is 418 g/mol. The van der Waals surface area contributed by atoms with Crippen molar-refractivity contribution in [1.29, 1.82) is 0 Å². The summed E-state index contributed by atoms with van der Waals surface area (Å²) in [5, 5.41) is 3.39. The zero-order chi connectivity index (χ0) is 21.4. The summed E-state index contributed by atoms with van der Waals surface area (Å²) in [5.41, 5.74) is 3.47. The molecule has 0 aliphatic carbocycles. The summed E-state index contributed by atoms with van der Waals surface area (Å²) in [6.07, 6.45) is 3.07. The second kappa shape index (κ2) is 7.77. The number of aromatic nitrogens is 1.